The van der Waals surface area contributed by atoms with Crippen LogP contribution in [0.2, 0.25) is 0 Å². The van der Waals surface area contributed by atoms with Crippen molar-refractivity contribution in [3.05, 3.63) is 48.0 Å². The third-order valence-corrected chi connectivity index (χ3v) is 4.00. The lowest BCUT2D eigenvalue weighted by atomic mass is 10.0. The minimum atomic E-state index is 0.543. The molecule has 0 bridgehead atoms. The van der Waals surface area contributed by atoms with Crippen molar-refractivity contribution in [3.8, 4) is 0 Å². The second-order valence-corrected chi connectivity index (χ2v) is 6.06. The van der Waals surface area contributed by atoms with Crippen LogP contribution >= 0.6 is 11.8 Å². The minimum Gasteiger partial charge on any atom is -0.431 e. The Bertz CT molecular complexity index is 732. The zero-order valence-electron chi connectivity index (χ0n) is 11.5. The Morgan fingerprint density at radius 2 is 1.85 bits per heavy atom. The summed E-state index contributed by atoms with van der Waals surface area (Å²) in [5.74, 6) is 0.543. The van der Waals surface area contributed by atoms with Gasteiger partial charge in [0.15, 0.2) is 5.58 Å². The molecule has 0 fully saturated rings. The van der Waals surface area contributed by atoms with Crippen molar-refractivity contribution in [3.63, 3.8) is 0 Å². The topological polar surface area (TPSA) is 52.0 Å². The van der Waals surface area contributed by atoms with Crippen molar-refractivity contribution < 1.29 is 4.42 Å². The highest BCUT2D eigenvalue weighted by atomic mass is 32.2. The first-order valence-corrected chi connectivity index (χ1v) is 7.37. The van der Waals surface area contributed by atoms with Gasteiger partial charge in [-0.05, 0) is 47.5 Å². The monoisotopic (exact) mass is 284 g/mol. The Morgan fingerprint density at radius 1 is 1.10 bits per heavy atom. The number of nitrogens with zero attached hydrogens (tertiary/aromatic N) is 1. The highest BCUT2D eigenvalue weighted by Crippen LogP contribution is 2.31. The van der Waals surface area contributed by atoms with E-state index in [1.807, 2.05) is 12.1 Å². The number of aromatic nitrogens is 1. The van der Waals surface area contributed by atoms with Gasteiger partial charge in [0.1, 0.15) is 5.52 Å². The van der Waals surface area contributed by atoms with Crippen LogP contribution < -0.4 is 5.73 Å². The van der Waals surface area contributed by atoms with Crippen LogP contribution in [0.3, 0.4) is 0 Å². The smallest absolute Gasteiger partial charge is 0.261 e. The van der Waals surface area contributed by atoms with Crippen LogP contribution in [-0.2, 0) is 0 Å². The molecule has 3 aromatic rings. The number of hydrogen-bond acceptors (Lipinski definition) is 4. The molecule has 2 N–H and O–H groups in total. The van der Waals surface area contributed by atoms with Gasteiger partial charge in [-0.2, -0.15) is 0 Å². The van der Waals surface area contributed by atoms with E-state index in [9.17, 15) is 0 Å². The molecule has 0 aliphatic heterocycles. The largest absolute Gasteiger partial charge is 0.431 e. The van der Waals surface area contributed by atoms with Gasteiger partial charge in [0.25, 0.3) is 5.22 Å². The van der Waals surface area contributed by atoms with Crippen LogP contribution in [-0.4, -0.2) is 4.98 Å². The van der Waals surface area contributed by atoms with E-state index < -0.39 is 0 Å². The second-order valence-electron chi connectivity index (χ2n) is 5.03. The van der Waals surface area contributed by atoms with E-state index in [1.165, 1.54) is 17.3 Å². The zero-order valence-corrected chi connectivity index (χ0v) is 12.3. The van der Waals surface area contributed by atoms with Gasteiger partial charge in [0.05, 0.1) is 0 Å². The SMILES string of the molecule is CC(C)c1ccc(Sc2nc3ccc(N)cc3o2)cc1. The molecule has 0 saturated heterocycles. The van der Waals surface area contributed by atoms with Crippen LogP contribution in [0.1, 0.15) is 25.3 Å². The molecule has 3 nitrogen and oxygen atoms in total. The maximum absolute atomic E-state index is 5.74. The molecule has 0 aliphatic rings. The molecule has 20 heavy (non-hydrogen) atoms. The van der Waals surface area contributed by atoms with Crippen molar-refractivity contribution in [2.75, 3.05) is 5.73 Å². The fourth-order valence-electron chi connectivity index (χ4n) is 1.99. The molecule has 102 valence electrons. The van der Waals surface area contributed by atoms with Gasteiger partial charge in [-0.15, -0.1) is 0 Å². The van der Waals surface area contributed by atoms with Gasteiger partial charge in [-0.1, -0.05) is 26.0 Å². The molecule has 0 radical (unpaired) electrons. The fourth-order valence-corrected chi connectivity index (χ4v) is 2.73. The van der Waals surface area contributed by atoms with Gasteiger partial charge in [-0.25, -0.2) is 4.98 Å². The number of oxazole rings is 1. The normalized spacial score (nSPS) is 11.3. The molecule has 0 aliphatic carbocycles. The average molecular weight is 284 g/mol. The van der Waals surface area contributed by atoms with Crippen molar-refractivity contribution in [1.82, 2.24) is 4.98 Å². The molecule has 2 aromatic carbocycles. The number of rotatable bonds is 3. The van der Waals surface area contributed by atoms with E-state index in [-0.39, 0.29) is 0 Å². The van der Waals surface area contributed by atoms with Crippen LogP contribution in [0, 0.1) is 0 Å². The van der Waals surface area contributed by atoms with Crippen molar-refractivity contribution in [2.24, 2.45) is 0 Å². The lowest BCUT2D eigenvalue weighted by molar-refractivity contribution is 0.489. The molecule has 0 saturated carbocycles. The number of hydrogen-bond donors (Lipinski definition) is 1. The van der Waals surface area contributed by atoms with Crippen molar-refractivity contribution in [1.29, 1.82) is 0 Å². The molecule has 0 atom stereocenters. The quantitative estimate of drug-likeness (QED) is 0.709. The molecular weight excluding hydrogens is 268 g/mol. The Balaban J connectivity index is 1.85. The molecule has 3 rings (SSSR count). The van der Waals surface area contributed by atoms with Crippen molar-refractivity contribution >= 4 is 28.5 Å². The van der Waals surface area contributed by atoms with E-state index in [1.54, 1.807) is 6.07 Å². The number of nitrogen functional groups attached to an aromatic ring is 1. The third-order valence-electron chi connectivity index (χ3n) is 3.14. The molecular formula is C16H16N2OS. The maximum atomic E-state index is 5.74. The number of benzene rings is 2. The first-order chi connectivity index (χ1) is 9.61. The molecule has 0 spiro atoms. The summed E-state index contributed by atoms with van der Waals surface area (Å²) in [6.45, 7) is 4.38. The second kappa shape index (κ2) is 5.21. The van der Waals surface area contributed by atoms with Gasteiger partial charge in [-0.3, -0.25) is 0 Å². The lowest BCUT2D eigenvalue weighted by Gasteiger charge is -2.05. The zero-order chi connectivity index (χ0) is 14.1. The molecule has 4 heteroatoms. The predicted octanol–water partition coefficient (Wildman–Crippen LogP) is 4.68. The van der Waals surface area contributed by atoms with Gasteiger partial charge >= 0.3 is 0 Å². The van der Waals surface area contributed by atoms with E-state index in [0.29, 0.717) is 16.8 Å². The van der Waals surface area contributed by atoms with Crippen molar-refractivity contribution in [2.45, 2.75) is 29.9 Å². The first-order valence-electron chi connectivity index (χ1n) is 6.56. The molecule has 1 heterocycles. The summed E-state index contributed by atoms with van der Waals surface area (Å²) >= 11 is 1.52. The lowest BCUT2D eigenvalue weighted by Crippen LogP contribution is -1.85. The number of nitrogens with two attached hydrogens (primary N) is 1. The van der Waals surface area contributed by atoms with Gasteiger partial charge < -0.3 is 10.2 Å². The van der Waals surface area contributed by atoms with E-state index in [2.05, 4.69) is 43.1 Å². The van der Waals surface area contributed by atoms with E-state index in [0.717, 1.165) is 16.0 Å². The first kappa shape index (κ1) is 13.1. The average Bonchev–Trinajstić information content (AvgIpc) is 2.80. The maximum Gasteiger partial charge on any atom is 0.261 e. The summed E-state index contributed by atoms with van der Waals surface area (Å²) in [6, 6.07) is 14.0. The standard InChI is InChI=1S/C16H16N2OS/c1-10(2)11-3-6-13(7-4-11)20-16-18-14-8-5-12(17)9-15(14)19-16/h3-10H,17H2,1-2H3. The number of anilines is 1. The van der Waals surface area contributed by atoms with Gasteiger partial charge in [0, 0.05) is 16.6 Å². The third kappa shape index (κ3) is 2.65. The Kier molecular flexibility index (Phi) is 3.40. The predicted molar refractivity (Wildman–Crippen MR) is 83.1 cm³/mol. The summed E-state index contributed by atoms with van der Waals surface area (Å²) in [5, 5.41) is 0.642. The van der Waals surface area contributed by atoms with Crippen LogP contribution in [0.4, 0.5) is 5.69 Å². The van der Waals surface area contributed by atoms with E-state index >= 15 is 0 Å². The molecule has 0 amide bonds. The summed E-state index contributed by atoms with van der Waals surface area (Å²) in [5.41, 5.74) is 9.32. The summed E-state index contributed by atoms with van der Waals surface area (Å²) in [7, 11) is 0. The summed E-state index contributed by atoms with van der Waals surface area (Å²) < 4.78 is 5.70. The van der Waals surface area contributed by atoms with Crippen LogP contribution in [0.5, 0.6) is 0 Å². The summed E-state index contributed by atoms with van der Waals surface area (Å²) in [6.07, 6.45) is 0. The van der Waals surface area contributed by atoms with E-state index in [4.69, 9.17) is 10.2 Å². The van der Waals surface area contributed by atoms with Gasteiger partial charge in [0.2, 0.25) is 0 Å². The Labute approximate surface area is 122 Å². The van der Waals surface area contributed by atoms with Crippen LogP contribution in [0.15, 0.2) is 57.0 Å². The minimum absolute atomic E-state index is 0.543. The number of fused-ring (bicyclic) bond motifs is 1. The van der Waals surface area contributed by atoms with Crippen LogP contribution in [0.25, 0.3) is 11.1 Å². The molecule has 1 aromatic heterocycles. The Morgan fingerprint density at radius 3 is 2.55 bits per heavy atom. The fraction of sp³-hybridized carbons (Fsp3) is 0.188. The highest BCUT2D eigenvalue weighted by Gasteiger charge is 2.08. The summed E-state index contributed by atoms with van der Waals surface area (Å²) in [4.78, 5) is 5.57. The molecule has 0 unspecified atom stereocenters. The Hall–Kier alpha value is -1.94. The highest BCUT2D eigenvalue weighted by molar-refractivity contribution is 7.99.